The molecule has 0 fully saturated rings. The number of nitrogens with zero attached hydrogens (tertiary/aromatic N) is 1. The molecule has 0 N–H and O–H groups in total. The van der Waals surface area contributed by atoms with Crippen molar-refractivity contribution in [3.8, 4) is 0 Å². The molecule has 0 aliphatic rings. The zero-order valence-corrected chi connectivity index (χ0v) is 18.0. The number of rotatable bonds is 10. The molecule has 21 heavy (non-hydrogen) atoms. The molecule has 0 spiro atoms. The van der Waals surface area contributed by atoms with Crippen molar-refractivity contribution in [1.82, 2.24) is 4.98 Å². The van der Waals surface area contributed by atoms with Crippen molar-refractivity contribution in [2.45, 2.75) is 79.5 Å². The Kier molecular flexibility index (Phi) is 9.27. The molecule has 0 saturated carbocycles. The molecule has 0 radical (unpaired) electrons. The van der Waals surface area contributed by atoms with Crippen LogP contribution in [0.15, 0.2) is 12.1 Å². The molecule has 0 aromatic carbocycles. The first-order valence-corrected chi connectivity index (χ1v) is 16.6. The van der Waals surface area contributed by atoms with Crippen LogP contribution >= 0.6 is 11.6 Å². The standard InChI is InChI=1S/C6H5ClN.3C4H9.Sn/c1-5-4-6(7)2-3-8-5;3*1-3-4-2;/h2,4H,1H3;3*1,3-4H2,2H3;. The predicted octanol–water partition coefficient (Wildman–Crippen LogP) is 6.10. The van der Waals surface area contributed by atoms with Crippen LogP contribution in [0.2, 0.25) is 18.3 Å². The quantitative estimate of drug-likeness (QED) is 0.420. The second-order valence-corrected chi connectivity index (χ2v) is 19.9. The molecule has 0 aliphatic carbocycles. The van der Waals surface area contributed by atoms with E-state index in [4.69, 9.17) is 16.6 Å². The van der Waals surface area contributed by atoms with E-state index in [1.807, 2.05) is 6.07 Å². The van der Waals surface area contributed by atoms with Gasteiger partial charge in [-0.25, -0.2) is 0 Å². The number of halogens is 1. The summed E-state index contributed by atoms with van der Waals surface area (Å²) in [5.41, 5.74) is 1.10. The maximum absolute atomic E-state index is 6.35. The molecule has 0 aliphatic heterocycles. The average Bonchev–Trinajstić information content (AvgIpc) is 2.46. The number of hydrogen-bond donors (Lipinski definition) is 0. The molecule has 0 amide bonds. The van der Waals surface area contributed by atoms with Crippen molar-refractivity contribution < 1.29 is 0 Å². The molecule has 0 unspecified atom stereocenters. The third-order valence-corrected chi connectivity index (χ3v) is 19.8. The molecular formula is C18H32ClNSn. The van der Waals surface area contributed by atoms with Gasteiger partial charge in [0, 0.05) is 0 Å². The van der Waals surface area contributed by atoms with Crippen LogP contribution in [0.3, 0.4) is 0 Å². The monoisotopic (exact) mass is 417 g/mol. The Morgan fingerprint density at radius 1 is 0.905 bits per heavy atom. The van der Waals surface area contributed by atoms with E-state index in [1.54, 1.807) is 0 Å². The van der Waals surface area contributed by atoms with E-state index in [0.29, 0.717) is 0 Å². The van der Waals surface area contributed by atoms with Crippen molar-refractivity contribution >= 4 is 33.7 Å². The number of aromatic nitrogens is 1. The van der Waals surface area contributed by atoms with Gasteiger partial charge in [-0.3, -0.25) is 0 Å². The summed E-state index contributed by atoms with van der Waals surface area (Å²) in [5.74, 6) is 0. The third-order valence-electron chi connectivity index (χ3n) is 4.49. The maximum atomic E-state index is 6.35. The molecule has 1 heterocycles. The second-order valence-electron chi connectivity index (χ2n) is 6.40. The Balaban J connectivity index is 3.15. The molecule has 0 bridgehead atoms. The Morgan fingerprint density at radius 3 is 1.76 bits per heavy atom. The normalized spacial score (nSPS) is 11.9. The minimum atomic E-state index is -2.38. The first-order chi connectivity index (χ1) is 10.1. The van der Waals surface area contributed by atoms with Crippen LogP contribution in [0.5, 0.6) is 0 Å². The molecule has 3 heteroatoms. The Labute approximate surface area is 140 Å². The SMILES string of the molecule is CCC[CH2][Sn]([CH2]CCC)([CH2]CCC)[c]1cc(Cl)cc(C)n1. The summed E-state index contributed by atoms with van der Waals surface area (Å²) in [4.78, 5) is 4.97. The van der Waals surface area contributed by atoms with Gasteiger partial charge < -0.3 is 0 Å². The van der Waals surface area contributed by atoms with E-state index in [-0.39, 0.29) is 0 Å². The van der Waals surface area contributed by atoms with E-state index in [0.717, 1.165) is 10.7 Å². The summed E-state index contributed by atoms with van der Waals surface area (Å²) in [6.07, 6.45) is 8.02. The van der Waals surface area contributed by atoms with Gasteiger partial charge in [0.2, 0.25) is 0 Å². The topological polar surface area (TPSA) is 12.9 Å². The fourth-order valence-electron chi connectivity index (χ4n) is 3.20. The number of unbranched alkanes of at least 4 members (excludes halogenated alkanes) is 3. The molecule has 0 atom stereocenters. The van der Waals surface area contributed by atoms with Crippen LogP contribution in [-0.2, 0) is 0 Å². The van der Waals surface area contributed by atoms with Crippen LogP contribution in [0, 0.1) is 6.92 Å². The van der Waals surface area contributed by atoms with E-state index >= 15 is 0 Å². The van der Waals surface area contributed by atoms with Crippen molar-refractivity contribution in [3.05, 3.63) is 22.8 Å². The Morgan fingerprint density at radius 2 is 1.38 bits per heavy atom. The van der Waals surface area contributed by atoms with Crippen LogP contribution in [0.4, 0.5) is 0 Å². The minimum absolute atomic E-state index is 0.892. The predicted molar refractivity (Wildman–Crippen MR) is 98.5 cm³/mol. The molecular weight excluding hydrogens is 384 g/mol. The second kappa shape index (κ2) is 10.1. The first-order valence-electron chi connectivity index (χ1n) is 8.72. The van der Waals surface area contributed by atoms with E-state index in [2.05, 4.69) is 33.8 Å². The summed E-state index contributed by atoms with van der Waals surface area (Å²) in [7, 11) is 0. The summed E-state index contributed by atoms with van der Waals surface area (Å²) in [6.45, 7) is 9.03. The summed E-state index contributed by atoms with van der Waals surface area (Å²) in [5, 5.41) is 0.892. The van der Waals surface area contributed by atoms with Gasteiger partial charge in [-0.05, 0) is 0 Å². The zero-order chi connectivity index (χ0) is 15.7. The number of hydrogen-bond acceptors (Lipinski definition) is 1. The number of aryl methyl sites for hydroxylation is 1. The summed E-state index contributed by atoms with van der Waals surface area (Å²) < 4.78 is 5.82. The fourth-order valence-corrected chi connectivity index (χ4v) is 19.4. The molecule has 120 valence electrons. The summed E-state index contributed by atoms with van der Waals surface area (Å²) >= 11 is 3.97. The van der Waals surface area contributed by atoms with Gasteiger partial charge in [0.1, 0.15) is 0 Å². The summed E-state index contributed by atoms with van der Waals surface area (Å²) in [6, 6.07) is 4.22. The molecule has 0 saturated heterocycles. The van der Waals surface area contributed by atoms with Gasteiger partial charge in [0.15, 0.2) is 0 Å². The molecule has 1 rings (SSSR count). The van der Waals surface area contributed by atoms with Crippen molar-refractivity contribution in [3.63, 3.8) is 0 Å². The van der Waals surface area contributed by atoms with Gasteiger partial charge in [-0.2, -0.15) is 0 Å². The van der Waals surface area contributed by atoms with Crippen molar-refractivity contribution in [2.24, 2.45) is 0 Å². The third kappa shape index (κ3) is 6.09. The fraction of sp³-hybridized carbons (Fsp3) is 0.722. The zero-order valence-electron chi connectivity index (χ0n) is 14.3. The van der Waals surface area contributed by atoms with Crippen molar-refractivity contribution in [2.75, 3.05) is 0 Å². The van der Waals surface area contributed by atoms with Gasteiger partial charge in [-0.1, -0.05) is 0 Å². The van der Waals surface area contributed by atoms with Crippen LogP contribution in [-0.4, -0.2) is 23.4 Å². The Hall–Kier alpha value is 0.239. The van der Waals surface area contributed by atoms with Gasteiger partial charge in [0.25, 0.3) is 0 Å². The van der Waals surface area contributed by atoms with Gasteiger partial charge in [-0.15, -0.1) is 0 Å². The van der Waals surface area contributed by atoms with Gasteiger partial charge in [0.05, 0.1) is 0 Å². The van der Waals surface area contributed by atoms with Gasteiger partial charge >= 0.3 is 141 Å². The number of pyridine rings is 1. The molecule has 1 aromatic heterocycles. The first kappa shape index (κ1) is 19.3. The van der Waals surface area contributed by atoms with E-state index in [1.165, 1.54) is 55.5 Å². The molecule has 1 nitrogen and oxygen atoms in total. The Bertz CT molecular complexity index is 378. The van der Waals surface area contributed by atoms with E-state index < -0.39 is 18.4 Å². The van der Waals surface area contributed by atoms with Crippen molar-refractivity contribution in [1.29, 1.82) is 0 Å². The average molecular weight is 417 g/mol. The van der Waals surface area contributed by atoms with E-state index in [9.17, 15) is 0 Å². The molecule has 1 aromatic rings. The van der Waals surface area contributed by atoms with Crippen LogP contribution in [0.25, 0.3) is 0 Å². The van der Waals surface area contributed by atoms with Crippen LogP contribution < -0.4 is 3.71 Å². The van der Waals surface area contributed by atoms with Crippen LogP contribution in [0.1, 0.15) is 65.0 Å².